The summed E-state index contributed by atoms with van der Waals surface area (Å²) in [7, 11) is 0. The van der Waals surface area contributed by atoms with E-state index in [2.05, 4.69) is 4.98 Å². The molecule has 17 heavy (non-hydrogen) atoms. The molecule has 0 radical (unpaired) electrons. The van der Waals surface area contributed by atoms with Gasteiger partial charge in [-0.15, -0.1) is 0 Å². The predicted octanol–water partition coefficient (Wildman–Crippen LogP) is 0.303. The molecule has 1 saturated heterocycles. The Hall–Kier alpha value is -1.62. The maximum absolute atomic E-state index is 11.4. The van der Waals surface area contributed by atoms with Crippen molar-refractivity contribution >= 4 is 11.7 Å². The Bertz CT molecular complexity index is 433. The van der Waals surface area contributed by atoms with E-state index >= 15 is 0 Å². The lowest BCUT2D eigenvalue weighted by Crippen LogP contribution is -2.41. The second kappa shape index (κ2) is 4.71. The van der Waals surface area contributed by atoms with E-state index in [1.807, 2.05) is 17.9 Å². The molecule has 0 spiro atoms. The molecule has 0 bridgehead atoms. The molecule has 1 unspecified atom stereocenters. The van der Waals surface area contributed by atoms with Gasteiger partial charge < -0.3 is 16.4 Å². The molecule has 1 aliphatic rings. The number of rotatable bonds is 3. The van der Waals surface area contributed by atoms with Gasteiger partial charge in [0.25, 0.3) is 0 Å². The van der Waals surface area contributed by atoms with E-state index in [4.69, 9.17) is 11.5 Å². The molecule has 1 aliphatic heterocycles. The molecule has 1 aromatic rings. The lowest BCUT2D eigenvalue weighted by Gasteiger charge is -2.25. The van der Waals surface area contributed by atoms with E-state index in [0.29, 0.717) is 6.54 Å². The minimum Gasteiger partial charge on any atom is -0.368 e. The highest BCUT2D eigenvalue weighted by atomic mass is 16.1. The van der Waals surface area contributed by atoms with Gasteiger partial charge in [0.1, 0.15) is 11.9 Å². The van der Waals surface area contributed by atoms with Crippen molar-refractivity contribution in [2.24, 2.45) is 11.5 Å². The van der Waals surface area contributed by atoms with Gasteiger partial charge in [-0.1, -0.05) is 0 Å². The highest BCUT2D eigenvalue weighted by molar-refractivity contribution is 5.84. The third-order valence-electron chi connectivity index (χ3n) is 3.20. The summed E-state index contributed by atoms with van der Waals surface area (Å²) in [4.78, 5) is 17.8. The Morgan fingerprint density at radius 3 is 3.00 bits per heavy atom. The molecule has 0 aromatic carbocycles. The predicted molar refractivity (Wildman–Crippen MR) is 66.4 cm³/mol. The number of pyridine rings is 1. The molecule has 1 atom stereocenters. The summed E-state index contributed by atoms with van der Waals surface area (Å²) in [5, 5.41) is 0. The van der Waals surface area contributed by atoms with Crippen LogP contribution in [-0.2, 0) is 11.3 Å². The molecular weight excluding hydrogens is 216 g/mol. The van der Waals surface area contributed by atoms with Crippen molar-refractivity contribution in [3.8, 4) is 0 Å². The quantitative estimate of drug-likeness (QED) is 0.787. The zero-order valence-corrected chi connectivity index (χ0v) is 10.0. The maximum Gasteiger partial charge on any atom is 0.240 e. The van der Waals surface area contributed by atoms with Gasteiger partial charge in [0.2, 0.25) is 5.91 Å². The molecule has 2 rings (SSSR count). The number of aromatic nitrogens is 1. The van der Waals surface area contributed by atoms with Crippen LogP contribution in [0.2, 0.25) is 0 Å². The number of nitrogens with zero attached hydrogens (tertiary/aromatic N) is 2. The van der Waals surface area contributed by atoms with Gasteiger partial charge in [0, 0.05) is 19.3 Å². The van der Waals surface area contributed by atoms with Crippen LogP contribution in [0.4, 0.5) is 5.82 Å². The van der Waals surface area contributed by atoms with E-state index in [-0.39, 0.29) is 11.9 Å². The lowest BCUT2D eigenvalue weighted by molar-refractivity contribution is -0.119. The number of hydrogen-bond donors (Lipinski definition) is 2. The van der Waals surface area contributed by atoms with Gasteiger partial charge in [0.05, 0.1) is 0 Å². The minimum atomic E-state index is -0.272. The molecule has 0 aliphatic carbocycles. The number of nitrogens with two attached hydrogens (primary N) is 2. The molecule has 4 N–H and O–H groups in total. The Kier molecular flexibility index (Phi) is 3.28. The van der Waals surface area contributed by atoms with Crippen molar-refractivity contribution in [2.45, 2.75) is 32.4 Å². The van der Waals surface area contributed by atoms with Gasteiger partial charge in [-0.2, -0.15) is 0 Å². The molecule has 1 amide bonds. The monoisotopic (exact) mass is 234 g/mol. The van der Waals surface area contributed by atoms with Gasteiger partial charge in [0.15, 0.2) is 0 Å². The minimum absolute atomic E-state index is 0.218. The highest BCUT2D eigenvalue weighted by Gasteiger charge is 2.30. The van der Waals surface area contributed by atoms with Crippen LogP contribution in [0.3, 0.4) is 0 Å². The average molecular weight is 234 g/mol. The van der Waals surface area contributed by atoms with Crippen LogP contribution in [0.5, 0.6) is 0 Å². The standard InChI is InChI=1S/C12H18N4O/c1-8-5-9(6-13)7-15-12(8)16-4-2-3-10(16)11(14)17/h5,7,10H,2-4,6,13H2,1H3,(H2,14,17). The first-order chi connectivity index (χ1) is 8.13. The van der Waals surface area contributed by atoms with Crippen molar-refractivity contribution in [2.75, 3.05) is 11.4 Å². The number of aryl methyl sites for hydroxylation is 1. The molecule has 1 fully saturated rings. The zero-order valence-electron chi connectivity index (χ0n) is 10.0. The highest BCUT2D eigenvalue weighted by Crippen LogP contribution is 2.26. The number of amides is 1. The smallest absolute Gasteiger partial charge is 0.240 e. The molecule has 1 aromatic heterocycles. The SMILES string of the molecule is Cc1cc(CN)cnc1N1CCCC1C(N)=O. The molecule has 5 nitrogen and oxygen atoms in total. The summed E-state index contributed by atoms with van der Waals surface area (Å²) in [6.07, 6.45) is 3.56. The number of carbonyl (C=O) groups excluding carboxylic acids is 1. The molecular formula is C12H18N4O. The Labute approximate surface area is 101 Å². The van der Waals surface area contributed by atoms with Crippen molar-refractivity contribution in [3.05, 3.63) is 23.4 Å². The van der Waals surface area contributed by atoms with Gasteiger partial charge in [-0.3, -0.25) is 4.79 Å². The van der Waals surface area contributed by atoms with Crippen LogP contribution in [0, 0.1) is 6.92 Å². The number of anilines is 1. The Morgan fingerprint density at radius 1 is 1.65 bits per heavy atom. The van der Waals surface area contributed by atoms with Crippen LogP contribution in [0.15, 0.2) is 12.3 Å². The topological polar surface area (TPSA) is 85.2 Å². The first-order valence-electron chi connectivity index (χ1n) is 5.85. The molecule has 5 heteroatoms. The summed E-state index contributed by atoms with van der Waals surface area (Å²) in [5.41, 5.74) is 13.0. The normalized spacial score (nSPS) is 19.6. The average Bonchev–Trinajstić information content (AvgIpc) is 2.77. The van der Waals surface area contributed by atoms with Gasteiger partial charge >= 0.3 is 0 Å². The van der Waals surface area contributed by atoms with E-state index in [1.54, 1.807) is 6.20 Å². The van der Waals surface area contributed by atoms with E-state index in [0.717, 1.165) is 36.3 Å². The molecule has 92 valence electrons. The zero-order chi connectivity index (χ0) is 12.4. The Morgan fingerprint density at radius 2 is 2.41 bits per heavy atom. The second-order valence-electron chi connectivity index (χ2n) is 4.44. The van der Waals surface area contributed by atoms with Crippen LogP contribution in [-0.4, -0.2) is 23.5 Å². The van der Waals surface area contributed by atoms with Crippen LogP contribution in [0.25, 0.3) is 0 Å². The van der Waals surface area contributed by atoms with Crippen LogP contribution in [0.1, 0.15) is 24.0 Å². The summed E-state index contributed by atoms with van der Waals surface area (Å²) < 4.78 is 0. The summed E-state index contributed by atoms with van der Waals surface area (Å²) in [6, 6.07) is 1.79. The fraction of sp³-hybridized carbons (Fsp3) is 0.500. The summed E-state index contributed by atoms with van der Waals surface area (Å²) in [6.45, 7) is 3.30. The number of carbonyl (C=O) groups is 1. The number of hydrogen-bond acceptors (Lipinski definition) is 4. The first kappa shape index (κ1) is 11.9. The third kappa shape index (κ3) is 2.24. The summed E-state index contributed by atoms with van der Waals surface area (Å²) >= 11 is 0. The van der Waals surface area contributed by atoms with E-state index in [1.165, 1.54) is 0 Å². The van der Waals surface area contributed by atoms with Crippen molar-refractivity contribution in [1.82, 2.24) is 4.98 Å². The van der Waals surface area contributed by atoms with Crippen LogP contribution < -0.4 is 16.4 Å². The van der Waals surface area contributed by atoms with E-state index in [9.17, 15) is 4.79 Å². The largest absolute Gasteiger partial charge is 0.368 e. The summed E-state index contributed by atoms with van der Waals surface area (Å²) in [5.74, 6) is 0.579. The van der Waals surface area contributed by atoms with Crippen molar-refractivity contribution in [1.29, 1.82) is 0 Å². The van der Waals surface area contributed by atoms with E-state index < -0.39 is 0 Å². The van der Waals surface area contributed by atoms with Crippen LogP contribution >= 0.6 is 0 Å². The Balaban J connectivity index is 2.30. The van der Waals surface area contributed by atoms with Gasteiger partial charge in [-0.25, -0.2) is 4.98 Å². The van der Waals surface area contributed by atoms with Crippen molar-refractivity contribution < 1.29 is 4.79 Å². The molecule has 0 saturated carbocycles. The lowest BCUT2D eigenvalue weighted by atomic mass is 10.1. The second-order valence-corrected chi connectivity index (χ2v) is 4.44. The third-order valence-corrected chi connectivity index (χ3v) is 3.20. The van der Waals surface area contributed by atoms with Gasteiger partial charge in [-0.05, 0) is 37.0 Å². The first-order valence-corrected chi connectivity index (χ1v) is 5.85. The maximum atomic E-state index is 11.4. The molecule has 2 heterocycles. The fourth-order valence-electron chi connectivity index (χ4n) is 2.35. The number of primary amides is 1. The van der Waals surface area contributed by atoms with Crippen molar-refractivity contribution in [3.63, 3.8) is 0 Å². The fourth-order valence-corrected chi connectivity index (χ4v) is 2.35.